The number of carbonyl (C=O) groups is 2. The first-order chi connectivity index (χ1) is 13.7. The van der Waals surface area contributed by atoms with Crippen LogP contribution in [0.3, 0.4) is 0 Å². The summed E-state index contributed by atoms with van der Waals surface area (Å²) in [5, 5.41) is 6.16. The van der Waals surface area contributed by atoms with Crippen LogP contribution < -0.4 is 10.6 Å². The maximum Gasteiger partial charge on any atom is 0.227 e. The van der Waals surface area contributed by atoms with E-state index >= 15 is 0 Å². The molecule has 160 valence electrons. The molecule has 29 heavy (non-hydrogen) atoms. The number of amides is 2. The molecule has 0 heterocycles. The first-order valence-electron chi connectivity index (χ1n) is 11.5. The lowest BCUT2D eigenvalue weighted by molar-refractivity contribution is -0.118. The minimum Gasteiger partial charge on any atom is -0.326 e. The Balaban J connectivity index is 1.50. The van der Waals surface area contributed by atoms with Crippen molar-refractivity contribution in [1.29, 1.82) is 0 Å². The van der Waals surface area contributed by atoms with Gasteiger partial charge in [-0.1, -0.05) is 46.6 Å². The molecule has 4 unspecified atom stereocenters. The predicted octanol–water partition coefficient (Wildman–Crippen LogP) is 6.02. The Hall–Kier alpha value is -1.84. The van der Waals surface area contributed by atoms with Crippen LogP contribution in [0.15, 0.2) is 18.2 Å². The van der Waals surface area contributed by atoms with Crippen molar-refractivity contribution in [1.82, 2.24) is 0 Å². The summed E-state index contributed by atoms with van der Waals surface area (Å²) in [6.45, 7) is 10.9. The molecule has 0 spiro atoms. The lowest BCUT2D eigenvalue weighted by atomic mass is 10.0. The largest absolute Gasteiger partial charge is 0.326 e. The minimum absolute atomic E-state index is 0.121. The summed E-state index contributed by atoms with van der Waals surface area (Å²) in [5.74, 6) is 3.02. The predicted molar refractivity (Wildman–Crippen MR) is 120 cm³/mol. The molecule has 2 N–H and O–H groups in total. The van der Waals surface area contributed by atoms with Crippen LogP contribution in [-0.2, 0) is 9.59 Å². The zero-order valence-corrected chi connectivity index (χ0v) is 18.8. The molecule has 4 atom stereocenters. The second-order valence-corrected chi connectivity index (χ2v) is 10.2. The minimum atomic E-state index is 0.121. The van der Waals surface area contributed by atoms with Gasteiger partial charge in [-0.25, -0.2) is 0 Å². The third-order valence-electron chi connectivity index (χ3n) is 6.51. The first-order valence-corrected chi connectivity index (χ1v) is 11.5. The second kappa shape index (κ2) is 9.32. The molecule has 2 aliphatic rings. The highest BCUT2D eigenvalue weighted by Gasteiger charge is 2.43. The van der Waals surface area contributed by atoms with Gasteiger partial charge in [0.15, 0.2) is 0 Å². The molecule has 2 fully saturated rings. The molecule has 0 aromatic heterocycles. The van der Waals surface area contributed by atoms with Crippen LogP contribution in [0.5, 0.6) is 0 Å². The van der Waals surface area contributed by atoms with E-state index in [0.29, 0.717) is 23.7 Å². The fraction of sp³-hybridized carbons (Fsp3) is 0.680. The number of nitrogens with one attached hydrogen (secondary N) is 2. The monoisotopic (exact) mass is 398 g/mol. The summed E-state index contributed by atoms with van der Waals surface area (Å²) < 4.78 is 0. The van der Waals surface area contributed by atoms with E-state index in [-0.39, 0.29) is 23.7 Å². The quantitative estimate of drug-likeness (QED) is 0.506. The average molecular weight is 399 g/mol. The molecule has 1 aromatic carbocycles. The average Bonchev–Trinajstić information content (AvgIpc) is 3.55. The van der Waals surface area contributed by atoms with Gasteiger partial charge in [-0.15, -0.1) is 0 Å². The van der Waals surface area contributed by atoms with Gasteiger partial charge in [-0.05, 0) is 74.0 Å². The number of hydrogen-bond donors (Lipinski definition) is 2. The van der Waals surface area contributed by atoms with Gasteiger partial charge in [0.2, 0.25) is 11.8 Å². The lowest BCUT2D eigenvalue weighted by Crippen LogP contribution is -2.17. The van der Waals surface area contributed by atoms with Gasteiger partial charge in [0.25, 0.3) is 0 Å². The number of anilines is 2. The Morgan fingerprint density at radius 1 is 0.897 bits per heavy atom. The molecule has 4 nitrogen and oxygen atoms in total. The van der Waals surface area contributed by atoms with E-state index < -0.39 is 0 Å². The molecule has 4 heteroatoms. The highest BCUT2D eigenvalue weighted by Crippen LogP contribution is 2.44. The van der Waals surface area contributed by atoms with Gasteiger partial charge in [-0.3, -0.25) is 9.59 Å². The normalized spacial score (nSPS) is 25.2. The SMILES string of the molecule is Cc1ccc(NC(=O)C2CC2CCC(C)C)cc1NC(=O)C1CC1CCC(C)C. The number of benzene rings is 1. The molecule has 0 saturated heterocycles. The Labute approximate surface area is 176 Å². The van der Waals surface area contributed by atoms with Gasteiger partial charge in [0.1, 0.15) is 0 Å². The number of rotatable bonds is 10. The van der Waals surface area contributed by atoms with E-state index in [1.54, 1.807) is 0 Å². The van der Waals surface area contributed by atoms with E-state index in [0.717, 1.165) is 42.6 Å². The molecule has 2 saturated carbocycles. The van der Waals surface area contributed by atoms with Crippen molar-refractivity contribution >= 4 is 23.2 Å². The Bertz CT molecular complexity index is 740. The van der Waals surface area contributed by atoms with E-state index in [1.165, 1.54) is 12.8 Å². The summed E-state index contributed by atoms with van der Waals surface area (Å²) in [5.41, 5.74) is 2.61. The van der Waals surface area contributed by atoms with Crippen LogP contribution in [0.4, 0.5) is 11.4 Å². The maximum atomic E-state index is 12.6. The van der Waals surface area contributed by atoms with Crippen molar-refractivity contribution in [2.45, 2.75) is 73.1 Å². The molecule has 3 rings (SSSR count). The van der Waals surface area contributed by atoms with Crippen molar-refractivity contribution in [2.24, 2.45) is 35.5 Å². The third-order valence-corrected chi connectivity index (χ3v) is 6.51. The molecule has 0 radical (unpaired) electrons. The summed E-state index contributed by atoms with van der Waals surface area (Å²) in [7, 11) is 0. The van der Waals surface area contributed by atoms with Crippen LogP contribution in [0.2, 0.25) is 0 Å². The Kier molecular flexibility index (Phi) is 7.02. The summed E-state index contributed by atoms with van der Waals surface area (Å²) in [4.78, 5) is 25.1. The van der Waals surface area contributed by atoms with Crippen LogP contribution in [0, 0.1) is 42.4 Å². The van der Waals surface area contributed by atoms with Crippen molar-refractivity contribution in [3.8, 4) is 0 Å². The first kappa shape index (κ1) is 21.9. The van der Waals surface area contributed by atoms with Crippen molar-refractivity contribution in [3.05, 3.63) is 23.8 Å². The third kappa shape index (κ3) is 6.32. The Morgan fingerprint density at radius 2 is 1.41 bits per heavy atom. The van der Waals surface area contributed by atoms with E-state index in [1.807, 2.05) is 25.1 Å². The standard InChI is InChI=1S/C25H38N2O2/c1-15(2)6-9-18-12-21(18)24(28)26-20-11-8-17(5)23(14-20)27-25(29)22-13-19(22)10-7-16(3)4/h8,11,14-16,18-19,21-22H,6-7,9-10,12-13H2,1-5H3,(H,26,28)(H,27,29). The lowest BCUT2D eigenvalue weighted by Gasteiger charge is -2.12. The van der Waals surface area contributed by atoms with Gasteiger partial charge in [0.05, 0.1) is 0 Å². The van der Waals surface area contributed by atoms with Gasteiger partial charge < -0.3 is 10.6 Å². The number of carbonyl (C=O) groups excluding carboxylic acids is 2. The number of aryl methyl sites for hydroxylation is 1. The summed E-state index contributed by atoms with van der Waals surface area (Å²) in [6, 6.07) is 5.80. The van der Waals surface area contributed by atoms with Crippen LogP contribution >= 0.6 is 0 Å². The van der Waals surface area contributed by atoms with E-state index in [9.17, 15) is 9.59 Å². The highest BCUT2D eigenvalue weighted by atomic mass is 16.2. The molecule has 1 aromatic rings. The summed E-state index contributed by atoms with van der Waals surface area (Å²) in [6.07, 6.45) is 6.68. The molecule has 0 bridgehead atoms. The fourth-order valence-corrected chi connectivity index (χ4v) is 4.17. The fourth-order valence-electron chi connectivity index (χ4n) is 4.17. The highest BCUT2D eigenvalue weighted by molar-refractivity contribution is 5.98. The van der Waals surface area contributed by atoms with E-state index in [4.69, 9.17) is 0 Å². The van der Waals surface area contributed by atoms with Crippen molar-refractivity contribution in [2.75, 3.05) is 10.6 Å². The van der Waals surface area contributed by atoms with Crippen molar-refractivity contribution in [3.63, 3.8) is 0 Å². The smallest absolute Gasteiger partial charge is 0.227 e. The zero-order valence-electron chi connectivity index (χ0n) is 18.8. The second-order valence-electron chi connectivity index (χ2n) is 10.2. The zero-order chi connectivity index (χ0) is 21.1. The van der Waals surface area contributed by atoms with Crippen molar-refractivity contribution < 1.29 is 9.59 Å². The number of hydrogen-bond acceptors (Lipinski definition) is 2. The van der Waals surface area contributed by atoms with Gasteiger partial charge in [-0.2, -0.15) is 0 Å². The van der Waals surface area contributed by atoms with Crippen LogP contribution in [-0.4, -0.2) is 11.8 Å². The van der Waals surface area contributed by atoms with Gasteiger partial charge >= 0.3 is 0 Å². The van der Waals surface area contributed by atoms with E-state index in [2.05, 4.69) is 38.3 Å². The molecular formula is C25H38N2O2. The summed E-state index contributed by atoms with van der Waals surface area (Å²) >= 11 is 0. The van der Waals surface area contributed by atoms with Crippen LogP contribution in [0.1, 0.15) is 71.8 Å². The molecule has 2 amide bonds. The Morgan fingerprint density at radius 3 is 1.93 bits per heavy atom. The molecule has 2 aliphatic carbocycles. The molecule has 0 aliphatic heterocycles. The topological polar surface area (TPSA) is 58.2 Å². The maximum absolute atomic E-state index is 12.6. The van der Waals surface area contributed by atoms with Crippen LogP contribution in [0.25, 0.3) is 0 Å². The van der Waals surface area contributed by atoms with Gasteiger partial charge in [0, 0.05) is 23.2 Å². The molecular weight excluding hydrogens is 360 g/mol.